The number of hydrogen-bond acceptors (Lipinski definition) is 4. The van der Waals surface area contributed by atoms with Gasteiger partial charge in [0.2, 0.25) is 0 Å². The predicted molar refractivity (Wildman–Crippen MR) is 61.0 cm³/mol. The number of alkyl halides is 1. The highest BCUT2D eigenvalue weighted by molar-refractivity contribution is 8.14. The van der Waals surface area contributed by atoms with Crippen molar-refractivity contribution in [2.75, 3.05) is 0 Å². The molecule has 80 valence electrons. The van der Waals surface area contributed by atoms with E-state index in [1.54, 1.807) is 12.1 Å². The van der Waals surface area contributed by atoms with Gasteiger partial charge in [-0.05, 0) is 11.6 Å². The lowest BCUT2D eigenvalue weighted by Crippen LogP contribution is -1.99. The van der Waals surface area contributed by atoms with Crippen molar-refractivity contribution in [1.82, 2.24) is 0 Å². The molecule has 0 spiro atoms. The molecule has 0 aliphatic heterocycles. The maximum Gasteiger partial charge on any atom is 0.263 e. The second kappa shape index (κ2) is 4.62. The van der Waals surface area contributed by atoms with Crippen LogP contribution >= 0.6 is 34.9 Å². The Bertz CT molecular complexity index is 534. The zero-order chi connectivity index (χ0) is 11.6. The average molecular weight is 282 g/mol. The van der Waals surface area contributed by atoms with Crippen molar-refractivity contribution in [1.29, 1.82) is 5.26 Å². The maximum absolute atomic E-state index is 11.2. The van der Waals surface area contributed by atoms with Crippen molar-refractivity contribution < 1.29 is 8.42 Å². The van der Waals surface area contributed by atoms with Gasteiger partial charge in [0.15, 0.2) is 0 Å². The van der Waals surface area contributed by atoms with Crippen molar-refractivity contribution in [3.63, 3.8) is 0 Å². The summed E-state index contributed by atoms with van der Waals surface area (Å²) in [6.45, 7) is 0. The summed E-state index contributed by atoms with van der Waals surface area (Å²) >= 11 is 9.59. The summed E-state index contributed by atoms with van der Waals surface area (Å²) in [6.07, 6.45) is 0. The Hall–Kier alpha value is -0.410. The van der Waals surface area contributed by atoms with Gasteiger partial charge in [0.05, 0.1) is 5.56 Å². The first-order valence-corrected chi connectivity index (χ1v) is 6.96. The lowest BCUT2D eigenvalue weighted by molar-refractivity contribution is 0.607. The molecule has 1 rings (SSSR count). The number of nitriles is 1. The van der Waals surface area contributed by atoms with Crippen LogP contribution in [-0.4, -0.2) is 8.42 Å². The zero-order valence-corrected chi connectivity index (χ0v) is 10.5. The fourth-order valence-electron chi connectivity index (χ4n) is 1.05. The van der Waals surface area contributed by atoms with E-state index < -0.39 is 9.05 Å². The largest absolute Gasteiger partial charge is 0.263 e. The highest BCUT2D eigenvalue weighted by Crippen LogP contribution is 2.30. The molecule has 0 bridgehead atoms. The molecule has 0 aliphatic rings. The van der Waals surface area contributed by atoms with Crippen LogP contribution in [0.2, 0.25) is 0 Å². The standard InChI is InChI=1S/C8H5Cl2NO2S2/c9-3-5-1-2-6(4-11)8(7(5)14)15(10,12)13/h1-2,14H,3H2. The summed E-state index contributed by atoms with van der Waals surface area (Å²) in [5.41, 5.74) is 0.474. The van der Waals surface area contributed by atoms with Gasteiger partial charge < -0.3 is 0 Å². The van der Waals surface area contributed by atoms with Gasteiger partial charge in [-0.3, -0.25) is 0 Å². The molecule has 3 nitrogen and oxygen atoms in total. The Kier molecular flexibility index (Phi) is 3.90. The Morgan fingerprint density at radius 2 is 2.07 bits per heavy atom. The van der Waals surface area contributed by atoms with Crippen LogP contribution in [0, 0.1) is 11.3 Å². The van der Waals surface area contributed by atoms with Gasteiger partial charge in [0, 0.05) is 21.5 Å². The fraction of sp³-hybridized carbons (Fsp3) is 0.125. The molecule has 15 heavy (non-hydrogen) atoms. The van der Waals surface area contributed by atoms with Crippen LogP contribution in [0.15, 0.2) is 21.9 Å². The molecule has 1 aromatic carbocycles. The van der Waals surface area contributed by atoms with E-state index in [1.807, 2.05) is 0 Å². The van der Waals surface area contributed by atoms with E-state index in [0.717, 1.165) is 0 Å². The summed E-state index contributed by atoms with van der Waals surface area (Å²) < 4.78 is 22.4. The minimum absolute atomic E-state index is 0.0381. The molecule has 0 heterocycles. The second-order valence-corrected chi connectivity index (χ2v) is 5.85. The van der Waals surface area contributed by atoms with Crippen LogP contribution in [0.3, 0.4) is 0 Å². The van der Waals surface area contributed by atoms with Crippen LogP contribution in [0.25, 0.3) is 0 Å². The summed E-state index contributed by atoms with van der Waals surface area (Å²) in [5.74, 6) is 0.101. The summed E-state index contributed by atoms with van der Waals surface area (Å²) in [6, 6.07) is 4.63. The Labute approximate surface area is 102 Å². The number of nitrogens with zero attached hydrogens (tertiary/aromatic N) is 1. The molecule has 0 aliphatic carbocycles. The van der Waals surface area contributed by atoms with Crippen molar-refractivity contribution >= 4 is 44.0 Å². The highest BCUT2D eigenvalue weighted by atomic mass is 35.7. The zero-order valence-electron chi connectivity index (χ0n) is 7.24. The van der Waals surface area contributed by atoms with Gasteiger partial charge in [0.25, 0.3) is 9.05 Å². The van der Waals surface area contributed by atoms with Gasteiger partial charge in [-0.25, -0.2) is 8.42 Å². The quantitative estimate of drug-likeness (QED) is 0.515. The number of halogens is 2. The number of hydrogen-bond donors (Lipinski definition) is 1. The van der Waals surface area contributed by atoms with Crippen molar-refractivity contribution in [3.05, 3.63) is 23.3 Å². The molecule has 0 aromatic heterocycles. The molecule has 7 heteroatoms. The van der Waals surface area contributed by atoms with Crippen molar-refractivity contribution in [3.8, 4) is 6.07 Å². The van der Waals surface area contributed by atoms with E-state index in [-0.39, 0.29) is 21.2 Å². The predicted octanol–water partition coefficient (Wildman–Crippen LogP) is 2.51. The average Bonchev–Trinajstić information content (AvgIpc) is 2.15. The molecule has 0 unspecified atom stereocenters. The van der Waals surface area contributed by atoms with Crippen LogP contribution in [0.5, 0.6) is 0 Å². The van der Waals surface area contributed by atoms with E-state index in [4.69, 9.17) is 27.5 Å². The van der Waals surface area contributed by atoms with Gasteiger partial charge >= 0.3 is 0 Å². The van der Waals surface area contributed by atoms with Gasteiger partial charge in [-0.1, -0.05) is 6.07 Å². The van der Waals surface area contributed by atoms with E-state index >= 15 is 0 Å². The third-order valence-electron chi connectivity index (χ3n) is 1.72. The fourth-order valence-corrected chi connectivity index (χ4v) is 3.39. The number of benzene rings is 1. The van der Waals surface area contributed by atoms with Crippen LogP contribution in [0.4, 0.5) is 0 Å². The minimum Gasteiger partial charge on any atom is -0.207 e. The first-order chi connectivity index (χ1) is 6.91. The third-order valence-corrected chi connectivity index (χ3v) is 4.05. The van der Waals surface area contributed by atoms with Crippen LogP contribution in [-0.2, 0) is 14.9 Å². The van der Waals surface area contributed by atoms with E-state index in [0.29, 0.717) is 5.56 Å². The SMILES string of the molecule is N#Cc1ccc(CCl)c(S)c1S(=O)(=O)Cl. The van der Waals surface area contributed by atoms with E-state index in [1.165, 1.54) is 6.07 Å². The summed E-state index contributed by atoms with van der Waals surface area (Å²) in [7, 11) is 1.21. The van der Waals surface area contributed by atoms with Gasteiger partial charge in [-0.2, -0.15) is 5.26 Å². The van der Waals surface area contributed by atoms with Gasteiger partial charge in [-0.15, -0.1) is 24.2 Å². The molecule has 0 saturated carbocycles. The summed E-state index contributed by atoms with van der Waals surface area (Å²) in [5, 5.41) is 8.73. The first-order valence-electron chi connectivity index (χ1n) is 3.67. The third kappa shape index (κ3) is 2.58. The molecule has 0 N–H and O–H groups in total. The smallest absolute Gasteiger partial charge is 0.207 e. The molecular formula is C8H5Cl2NO2S2. The molecule has 0 fully saturated rings. The topological polar surface area (TPSA) is 57.9 Å². The molecule has 0 radical (unpaired) electrons. The van der Waals surface area contributed by atoms with Crippen molar-refractivity contribution in [2.24, 2.45) is 0 Å². The molecule has 0 atom stereocenters. The van der Waals surface area contributed by atoms with Crippen LogP contribution < -0.4 is 0 Å². The highest BCUT2D eigenvalue weighted by Gasteiger charge is 2.21. The Balaban J connectivity index is 3.67. The molecule has 1 aromatic rings. The Morgan fingerprint density at radius 3 is 2.47 bits per heavy atom. The number of rotatable bonds is 2. The Morgan fingerprint density at radius 1 is 1.47 bits per heavy atom. The normalized spacial score (nSPS) is 11.1. The lowest BCUT2D eigenvalue weighted by Gasteiger charge is -2.07. The minimum atomic E-state index is -3.99. The van der Waals surface area contributed by atoms with Gasteiger partial charge in [0.1, 0.15) is 11.0 Å². The van der Waals surface area contributed by atoms with Crippen LogP contribution in [0.1, 0.15) is 11.1 Å². The first kappa shape index (κ1) is 12.7. The summed E-state index contributed by atoms with van der Waals surface area (Å²) in [4.78, 5) is -0.160. The molecule has 0 amide bonds. The molecular weight excluding hydrogens is 277 g/mol. The van der Waals surface area contributed by atoms with Crippen molar-refractivity contribution in [2.45, 2.75) is 15.7 Å². The molecule has 0 saturated heterocycles. The van der Waals surface area contributed by atoms with E-state index in [2.05, 4.69) is 12.6 Å². The number of thiol groups is 1. The van der Waals surface area contributed by atoms with E-state index in [9.17, 15) is 8.42 Å². The lowest BCUT2D eigenvalue weighted by atomic mass is 10.2. The monoisotopic (exact) mass is 281 g/mol. The second-order valence-electron chi connectivity index (χ2n) is 2.63. The maximum atomic E-state index is 11.2.